The first kappa shape index (κ1) is 16.3. The summed E-state index contributed by atoms with van der Waals surface area (Å²) in [6.45, 7) is 0.894. The molecule has 0 aromatic heterocycles. The largest absolute Gasteiger partial charge is 0.397 e. The number of hydrogen-bond acceptors (Lipinski definition) is 5. The van der Waals surface area contributed by atoms with Gasteiger partial charge in [-0.3, -0.25) is 4.79 Å². The molecule has 5 N–H and O–H groups in total. The van der Waals surface area contributed by atoms with Crippen LogP contribution in [0.25, 0.3) is 0 Å². The van der Waals surface area contributed by atoms with Gasteiger partial charge in [0.15, 0.2) is 0 Å². The molecule has 8 heteroatoms. The number of nitrogen functional groups attached to an aromatic ring is 1. The summed E-state index contributed by atoms with van der Waals surface area (Å²) in [6, 6.07) is 4.96. The van der Waals surface area contributed by atoms with E-state index in [1.165, 1.54) is 0 Å². The third-order valence-corrected chi connectivity index (χ3v) is 3.30. The monoisotopic (exact) mass is 300 g/mol. The van der Waals surface area contributed by atoms with Crippen LogP contribution in [0.3, 0.4) is 0 Å². The molecule has 7 nitrogen and oxygen atoms in total. The molecule has 0 aliphatic carbocycles. The molecule has 0 saturated carbocycles. The maximum Gasteiger partial charge on any atom is 0.251 e. The van der Waals surface area contributed by atoms with Crippen molar-refractivity contribution < 1.29 is 13.2 Å². The van der Waals surface area contributed by atoms with E-state index >= 15 is 0 Å². The highest BCUT2D eigenvalue weighted by Crippen LogP contribution is 2.19. The maximum atomic E-state index is 11.5. The Kier molecular flexibility index (Phi) is 5.78. The van der Waals surface area contributed by atoms with Crippen LogP contribution >= 0.6 is 0 Å². The second-order valence-electron chi connectivity index (χ2n) is 4.33. The molecule has 0 spiro atoms. The summed E-state index contributed by atoms with van der Waals surface area (Å²) in [4.78, 5) is 11.5. The van der Waals surface area contributed by atoms with Gasteiger partial charge in [-0.05, 0) is 24.6 Å². The molecule has 20 heavy (non-hydrogen) atoms. The molecule has 1 rings (SSSR count). The van der Waals surface area contributed by atoms with Crippen LogP contribution in [0.15, 0.2) is 18.2 Å². The molecule has 1 aromatic rings. The summed E-state index contributed by atoms with van der Waals surface area (Å²) in [6.07, 6.45) is 1.72. The van der Waals surface area contributed by atoms with Crippen LogP contribution in [-0.4, -0.2) is 40.7 Å². The molecule has 0 radical (unpaired) electrons. The second kappa shape index (κ2) is 7.11. The third-order valence-electron chi connectivity index (χ3n) is 2.58. The summed E-state index contributed by atoms with van der Waals surface area (Å²) < 4.78 is 24.1. The SMILES string of the molecule is CNC(=O)c1ccc(N)c(NCCCNS(C)(=O)=O)c1. The van der Waals surface area contributed by atoms with Gasteiger partial charge in [0.2, 0.25) is 10.0 Å². The lowest BCUT2D eigenvalue weighted by Gasteiger charge is -2.11. The van der Waals surface area contributed by atoms with Crippen molar-refractivity contribution in [1.82, 2.24) is 10.0 Å². The molecule has 0 aliphatic rings. The van der Waals surface area contributed by atoms with E-state index in [1.54, 1.807) is 25.2 Å². The minimum absolute atomic E-state index is 0.188. The Morgan fingerprint density at radius 3 is 2.60 bits per heavy atom. The molecule has 0 atom stereocenters. The van der Waals surface area contributed by atoms with Crippen LogP contribution in [0, 0.1) is 0 Å². The van der Waals surface area contributed by atoms with Gasteiger partial charge in [-0.1, -0.05) is 0 Å². The van der Waals surface area contributed by atoms with Crippen molar-refractivity contribution in [2.45, 2.75) is 6.42 Å². The van der Waals surface area contributed by atoms with Gasteiger partial charge in [0, 0.05) is 25.7 Å². The highest BCUT2D eigenvalue weighted by molar-refractivity contribution is 7.88. The van der Waals surface area contributed by atoms with Gasteiger partial charge in [-0.25, -0.2) is 13.1 Å². The molecule has 0 bridgehead atoms. The first-order chi connectivity index (χ1) is 9.33. The third kappa shape index (κ3) is 5.45. The van der Waals surface area contributed by atoms with E-state index in [9.17, 15) is 13.2 Å². The Balaban J connectivity index is 2.53. The van der Waals surface area contributed by atoms with Crippen molar-refractivity contribution in [3.8, 4) is 0 Å². The summed E-state index contributed by atoms with van der Waals surface area (Å²) in [7, 11) is -1.60. The average molecular weight is 300 g/mol. The van der Waals surface area contributed by atoms with Gasteiger partial charge in [-0.2, -0.15) is 0 Å². The molecule has 0 unspecified atom stereocenters. The van der Waals surface area contributed by atoms with E-state index in [-0.39, 0.29) is 5.91 Å². The normalized spacial score (nSPS) is 11.1. The lowest BCUT2D eigenvalue weighted by Crippen LogP contribution is -2.24. The van der Waals surface area contributed by atoms with Gasteiger partial charge >= 0.3 is 0 Å². The maximum absolute atomic E-state index is 11.5. The van der Waals surface area contributed by atoms with Crippen molar-refractivity contribution >= 4 is 27.3 Å². The standard InChI is InChI=1S/C12H20N4O3S/c1-14-12(17)9-4-5-10(13)11(8-9)15-6-3-7-16-20(2,18)19/h4-5,8,15-16H,3,6-7,13H2,1-2H3,(H,14,17). The molecular weight excluding hydrogens is 280 g/mol. The number of anilines is 2. The molecule has 0 heterocycles. The number of nitrogens with two attached hydrogens (primary N) is 1. The Hall–Kier alpha value is -1.80. The van der Waals surface area contributed by atoms with Crippen LogP contribution in [-0.2, 0) is 10.0 Å². The van der Waals surface area contributed by atoms with Gasteiger partial charge < -0.3 is 16.4 Å². The lowest BCUT2D eigenvalue weighted by atomic mass is 10.1. The van der Waals surface area contributed by atoms with Crippen LogP contribution in [0.4, 0.5) is 11.4 Å². The Labute approximate surface area is 119 Å². The van der Waals surface area contributed by atoms with E-state index in [2.05, 4.69) is 15.4 Å². The fourth-order valence-corrected chi connectivity index (χ4v) is 2.08. The first-order valence-corrected chi connectivity index (χ1v) is 8.03. The molecule has 0 fully saturated rings. The molecule has 112 valence electrons. The summed E-state index contributed by atoms with van der Waals surface area (Å²) >= 11 is 0. The molecular formula is C12H20N4O3S. The van der Waals surface area contributed by atoms with Gasteiger partial charge in [0.25, 0.3) is 5.91 Å². The van der Waals surface area contributed by atoms with Crippen LogP contribution in [0.2, 0.25) is 0 Å². The van der Waals surface area contributed by atoms with Crippen LogP contribution < -0.4 is 21.1 Å². The second-order valence-corrected chi connectivity index (χ2v) is 6.16. The molecule has 0 aliphatic heterocycles. The minimum Gasteiger partial charge on any atom is -0.397 e. The Morgan fingerprint density at radius 2 is 2.00 bits per heavy atom. The number of benzene rings is 1. The Bertz CT molecular complexity index is 572. The number of hydrogen-bond donors (Lipinski definition) is 4. The van der Waals surface area contributed by atoms with E-state index in [4.69, 9.17) is 5.73 Å². The smallest absolute Gasteiger partial charge is 0.251 e. The number of carbonyl (C=O) groups excluding carboxylic acids is 1. The number of carbonyl (C=O) groups is 1. The highest BCUT2D eigenvalue weighted by atomic mass is 32.2. The van der Waals surface area contributed by atoms with Gasteiger partial charge in [0.1, 0.15) is 0 Å². The zero-order valence-corrected chi connectivity index (χ0v) is 12.4. The van der Waals surface area contributed by atoms with E-state index in [0.717, 1.165) is 6.26 Å². The van der Waals surface area contributed by atoms with E-state index in [0.29, 0.717) is 36.4 Å². The molecule has 0 saturated heterocycles. The van der Waals surface area contributed by atoms with Crippen molar-refractivity contribution in [2.75, 3.05) is 37.4 Å². The predicted octanol–water partition coefficient (Wildman–Crippen LogP) is -0.0204. The Morgan fingerprint density at radius 1 is 1.30 bits per heavy atom. The average Bonchev–Trinajstić information content (AvgIpc) is 2.38. The predicted molar refractivity (Wildman–Crippen MR) is 80.2 cm³/mol. The fourth-order valence-electron chi connectivity index (χ4n) is 1.56. The van der Waals surface area contributed by atoms with Crippen molar-refractivity contribution in [3.63, 3.8) is 0 Å². The first-order valence-electron chi connectivity index (χ1n) is 6.13. The van der Waals surface area contributed by atoms with Gasteiger partial charge in [0.05, 0.1) is 17.6 Å². The van der Waals surface area contributed by atoms with Crippen LogP contribution in [0.5, 0.6) is 0 Å². The van der Waals surface area contributed by atoms with Crippen molar-refractivity contribution in [3.05, 3.63) is 23.8 Å². The summed E-state index contributed by atoms with van der Waals surface area (Å²) in [5.74, 6) is -0.188. The fraction of sp³-hybridized carbons (Fsp3) is 0.417. The highest BCUT2D eigenvalue weighted by Gasteiger charge is 2.06. The minimum atomic E-state index is -3.15. The molecule has 1 aromatic carbocycles. The lowest BCUT2D eigenvalue weighted by molar-refractivity contribution is 0.0963. The molecule has 1 amide bonds. The van der Waals surface area contributed by atoms with Crippen molar-refractivity contribution in [1.29, 1.82) is 0 Å². The number of amides is 1. The zero-order chi connectivity index (χ0) is 15.2. The number of nitrogens with one attached hydrogen (secondary N) is 3. The quantitative estimate of drug-likeness (QED) is 0.417. The van der Waals surface area contributed by atoms with Crippen LogP contribution in [0.1, 0.15) is 16.8 Å². The summed E-state index contributed by atoms with van der Waals surface area (Å²) in [5, 5.41) is 5.62. The topological polar surface area (TPSA) is 113 Å². The van der Waals surface area contributed by atoms with Gasteiger partial charge in [-0.15, -0.1) is 0 Å². The van der Waals surface area contributed by atoms with E-state index < -0.39 is 10.0 Å². The van der Waals surface area contributed by atoms with Crippen molar-refractivity contribution in [2.24, 2.45) is 0 Å². The van der Waals surface area contributed by atoms with E-state index in [1.807, 2.05) is 0 Å². The number of sulfonamides is 1. The number of rotatable bonds is 7. The summed E-state index contributed by atoms with van der Waals surface area (Å²) in [5.41, 5.74) is 7.52. The zero-order valence-electron chi connectivity index (χ0n) is 11.6.